The average molecular weight is 412 g/mol. The molecule has 3 aromatic heterocycles. The molecule has 9 heteroatoms. The normalized spacial score (nSPS) is 12.0. The molecule has 154 valence electrons. The van der Waals surface area contributed by atoms with Gasteiger partial charge in [0.25, 0.3) is 0 Å². The van der Waals surface area contributed by atoms with Crippen molar-refractivity contribution in [2.24, 2.45) is 0 Å². The molecule has 0 fully saturated rings. The average Bonchev–Trinajstić information content (AvgIpc) is 3.49. The van der Waals surface area contributed by atoms with E-state index in [1.165, 1.54) is 0 Å². The quantitative estimate of drug-likeness (QED) is 0.422. The van der Waals surface area contributed by atoms with E-state index in [2.05, 4.69) is 36.0 Å². The van der Waals surface area contributed by atoms with Gasteiger partial charge in [-0.15, -0.1) is 5.10 Å². The Morgan fingerprint density at radius 1 is 1.06 bits per heavy atom. The Labute approximate surface area is 178 Å². The van der Waals surface area contributed by atoms with Gasteiger partial charge in [-0.1, -0.05) is 42.5 Å². The summed E-state index contributed by atoms with van der Waals surface area (Å²) in [5.74, 6) is 2.17. The molecule has 31 heavy (non-hydrogen) atoms. The number of benzene rings is 2. The Kier molecular flexibility index (Phi) is 4.97. The zero-order valence-electron chi connectivity index (χ0n) is 16.8. The van der Waals surface area contributed by atoms with Gasteiger partial charge in [-0.2, -0.15) is 9.61 Å². The number of rotatable bonds is 7. The van der Waals surface area contributed by atoms with Crippen LogP contribution in [0.25, 0.3) is 5.65 Å². The highest BCUT2D eigenvalue weighted by atomic mass is 16.5. The van der Waals surface area contributed by atoms with Crippen LogP contribution in [0.5, 0.6) is 5.75 Å². The number of nitrogens with zero attached hydrogens (tertiary/aromatic N) is 6. The molecule has 0 aliphatic carbocycles. The van der Waals surface area contributed by atoms with Crippen LogP contribution in [0.3, 0.4) is 0 Å². The predicted octanol–water partition coefficient (Wildman–Crippen LogP) is 3.33. The number of hydrogen-bond donors (Lipinski definition) is 2. The first-order valence-corrected chi connectivity index (χ1v) is 9.86. The van der Waals surface area contributed by atoms with Crippen molar-refractivity contribution in [1.29, 1.82) is 0 Å². The minimum atomic E-state index is -0.423. The lowest BCUT2D eigenvalue weighted by molar-refractivity contribution is 0.237. The van der Waals surface area contributed by atoms with E-state index in [0.29, 0.717) is 12.4 Å². The first-order valence-electron chi connectivity index (χ1n) is 9.86. The van der Waals surface area contributed by atoms with E-state index in [1.807, 2.05) is 73.7 Å². The number of hydrogen-bond acceptors (Lipinski definition) is 7. The molecule has 0 bridgehead atoms. The zero-order valence-corrected chi connectivity index (χ0v) is 16.8. The molecular weight excluding hydrogens is 392 g/mol. The van der Waals surface area contributed by atoms with Gasteiger partial charge in [0.1, 0.15) is 11.6 Å². The van der Waals surface area contributed by atoms with Gasteiger partial charge in [-0.3, -0.25) is 0 Å². The Balaban J connectivity index is 1.31. The van der Waals surface area contributed by atoms with Gasteiger partial charge in [0, 0.05) is 29.9 Å². The van der Waals surface area contributed by atoms with Crippen molar-refractivity contribution in [2.45, 2.75) is 19.6 Å². The first kappa shape index (κ1) is 18.7. The fourth-order valence-corrected chi connectivity index (χ4v) is 3.37. The van der Waals surface area contributed by atoms with Crippen molar-refractivity contribution >= 4 is 11.5 Å². The summed E-state index contributed by atoms with van der Waals surface area (Å²) in [6.45, 7) is 2.62. The molecule has 0 saturated heterocycles. The molecule has 0 aliphatic rings. The number of anilines is 1. The monoisotopic (exact) mass is 412 g/mol. The van der Waals surface area contributed by atoms with E-state index in [1.54, 1.807) is 10.7 Å². The van der Waals surface area contributed by atoms with Gasteiger partial charge < -0.3 is 10.1 Å². The third-order valence-electron chi connectivity index (χ3n) is 4.85. The fourth-order valence-electron chi connectivity index (χ4n) is 3.37. The summed E-state index contributed by atoms with van der Waals surface area (Å²) < 4.78 is 8.00. The molecular formula is C22H20N8O. The van der Waals surface area contributed by atoms with Crippen LogP contribution in [0, 0.1) is 6.92 Å². The number of nitrogens with one attached hydrogen (secondary N) is 2. The van der Waals surface area contributed by atoms with Crippen LogP contribution in [0.4, 0.5) is 5.82 Å². The summed E-state index contributed by atoms with van der Waals surface area (Å²) in [7, 11) is 0. The van der Waals surface area contributed by atoms with Crippen molar-refractivity contribution < 1.29 is 4.74 Å². The van der Waals surface area contributed by atoms with E-state index >= 15 is 0 Å². The van der Waals surface area contributed by atoms with Gasteiger partial charge in [-0.25, -0.2) is 10.1 Å². The summed E-state index contributed by atoms with van der Waals surface area (Å²) in [6, 6.07) is 21.7. The predicted molar refractivity (Wildman–Crippen MR) is 115 cm³/mol. The first-order chi connectivity index (χ1) is 15.3. The molecule has 1 atom stereocenters. The third kappa shape index (κ3) is 4.06. The van der Waals surface area contributed by atoms with Gasteiger partial charge in [0.15, 0.2) is 17.6 Å². The maximum absolute atomic E-state index is 6.21. The number of fused-ring (bicyclic) bond motifs is 1. The molecule has 2 aromatic carbocycles. The lowest BCUT2D eigenvalue weighted by Gasteiger charge is -2.17. The summed E-state index contributed by atoms with van der Waals surface area (Å²) >= 11 is 0. The third-order valence-corrected chi connectivity index (χ3v) is 4.85. The maximum atomic E-state index is 6.21. The minimum absolute atomic E-state index is 0.423. The van der Waals surface area contributed by atoms with Gasteiger partial charge >= 0.3 is 0 Å². The number of H-pyrrole nitrogens is 1. The lowest BCUT2D eigenvalue weighted by Crippen LogP contribution is -2.11. The Bertz CT molecular complexity index is 1270. The van der Waals surface area contributed by atoms with Crippen LogP contribution in [0.1, 0.15) is 28.7 Å². The molecule has 0 radical (unpaired) electrons. The Morgan fingerprint density at radius 2 is 1.90 bits per heavy atom. The molecule has 2 N–H and O–H groups in total. The second-order valence-corrected chi connectivity index (χ2v) is 7.08. The number of aromatic amines is 1. The smallest absolute Gasteiger partial charge is 0.194 e. The lowest BCUT2D eigenvalue weighted by atomic mass is 10.1. The molecule has 0 saturated carbocycles. The van der Waals surface area contributed by atoms with Crippen molar-refractivity contribution in [3.8, 4) is 5.75 Å². The molecule has 0 aliphatic heterocycles. The number of ether oxygens (including phenoxy) is 1. The van der Waals surface area contributed by atoms with Crippen molar-refractivity contribution in [2.75, 3.05) is 5.32 Å². The highest BCUT2D eigenvalue weighted by molar-refractivity contribution is 5.49. The van der Waals surface area contributed by atoms with E-state index in [-0.39, 0.29) is 0 Å². The van der Waals surface area contributed by atoms with Crippen LogP contribution >= 0.6 is 0 Å². The molecule has 5 aromatic rings. The van der Waals surface area contributed by atoms with E-state index < -0.39 is 6.10 Å². The summed E-state index contributed by atoms with van der Waals surface area (Å²) in [6.07, 6.45) is 1.32. The Morgan fingerprint density at radius 3 is 2.68 bits per heavy atom. The largest absolute Gasteiger partial charge is 0.478 e. The van der Waals surface area contributed by atoms with Crippen molar-refractivity contribution in [3.63, 3.8) is 0 Å². The van der Waals surface area contributed by atoms with Crippen LogP contribution in [-0.2, 0) is 6.54 Å². The maximum Gasteiger partial charge on any atom is 0.194 e. The zero-order chi connectivity index (χ0) is 21.0. The molecule has 0 spiro atoms. The Hall–Kier alpha value is -4.27. The fraction of sp³-hybridized carbons (Fsp3) is 0.136. The molecule has 0 amide bonds. The number of aryl methyl sites for hydroxylation is 1. The van der Waals surface area contributed by atoms with E-state index in [9.17, 15) is 0 Å². The van der Waals surface area contributed by atoms with Crippen molar-refractivity contribution in [3.05, 3.63) is 95.6 Å². The van der Waals surface area contributed by atoms with Crippen LogP contribution in [0.2, 0.25) is 0 Å². The van der Waals surface area contributed by atoms with Crippen LogP contribution < -0.4 is 10.1 Å². The van der Waals surface area contributed by atoms with Gasteiger partial charge in [-0.05, 0) is 35.0 Å². The van der Waals surface area contributed by atoms with Gasteiger partial charge in [0.2, 0.25) is 0 Å². The summed E-state index contributed by atoms with van der Waals surface area (Å²) in [5.41, 5.74) is 3.83. The SMILES string of the molecule is Cc1cc(NCc2ccc(OC(c3ccccc3)c3nnn[nH]3)cc2)n2nccc2n1. The van der Waals surface area contributed by atoms with Crippen LogP contribution in [-0.4, -0.2) is 35.2 Å². The number of tetrazole rings is 1. The molecule has 1 unspecified atom stereocenters. The standard InChI is InChI=1S/C22H20N8O/c1-15-13-20(30-19(25-15)11-12-24-30)23-14-16-7-9-18(10-8-16)31-21(22-26-28-29-27-22)17-5-3-2-4-6-17/h2-13,21,23H,14H2,1H3,(H,26,27,28,29). The second-order valence-electron chi connectivity index (χ2n) is 7.08. The highest BCUT2D eigenvalue weighted by Gasteiger charge is 2.19. The minimum Gasteiger partial charge on any atom is -0.478 e. The topological polar surface area (TPSA) is 106 Å². The van der Waals surface area contributed by atoms with Crippen LogP contribution in [0.15, 0.2) is 72.9 Å². The van der Waals surface area contributed by atoms with E-state index in [0.717, 1.165) is 34.0 Å². The summed E-state index contributed by atoms with van der Waals surface area (Å²) in [4.78, 5) is 4.46. The summed E-state index contributed by atoms with van der Waals surface area (Å²) in [5, 5.41) is 21.9. The molecule has 3 heterocycles. The van der Waals surface area contributed by atoms with Gasteiger partial charge in [0.05, 0.1) is 6.20 Å². The highest BCUT2D eigenvalue weighted by Crippen LogP contribution is 2.26. The number of aromatic nitrogens is 7. The van der Waals surface area contributed by atoms with Crippen molar-refractivity contribution in [1.82, 2.24) is 35.2 Å². The molecule has 9 nitrogen and oxygen atoms in total. The second kappa shape index (κ2) is 8.23. The van der Waals surface area contributed by atoms with E-state index in [4.69, 9.17) is 4.74 Å². The molecule has 5 rings (SSSR count).